The Balaban J connectivity index is 2.29. The molecule has 86 valence electrons. The number of carbonyl (C=O) groups is 2. The summed E-state index contributed by atoms with van der Waals surface area (Å²) in [5.74, 6) is 0.497. The number of alkyl halides is 1. The van der Waals surface area contributed by atoms with E-state index >= 15 is 0 Å². The van der Waals surface area contributed by atoms with Crippen LogP contribution in [0, 0.1) is 0 Å². The molecule has 0 saturated carbocycles. The van der Waals surface area contributed by atoms with Gasteiger partial charge >= 0.3 is 0 Å². The largest absolute Gasteiger partial charge is 0.353 e. The van der Waals surface area contributed by atoms with E-state index in [1.54, 1.807) is 0 Å². The summed E-state index contributed by atoms with van der Waals surface area (Å²) in [6, 6.07) is 0.225. The molecule has 0 unspecified atom stereocenters. The molecule has 0 aromatic carbocycles. The maximum Gasteiger partial charge on any atom is 0.223 e. The second kappa shape index (κ2) is 5.95. The van der Waals surface area contributed by atoms with Crippen molar-refractivity contribution >= 4 is 23.4 Å². The van der Waals surface area contributed by atoms with Gasteiger partial charge in [0.1, 0.15) is 0 Å². The molecule has 0 aliphatic carbocycles. The van der Waals surface area contributed by atoms with Crippen molar-refractivity contribution in [3.63, 3.8) is 0 Å². The molecule has 1 heterocycles. The Labute approximate surface area is 95.0 Å². The van der Waals surface area contributed by atoms with Gasteiger partial charge in [-0.25, -0.2) is 0 Å². The van der Waals surface area contributed by atoms with Crippen LogP contribution in [0.5, 0.6) is 0 Å². The molecule has 1 N–H and O–H groups in total. The minimum Gasteiger partial charge on any atom is -0.353 e. The number of amides is 2. The number of rotatable bonds is 3. The van der Waals surface area contributed by atoms with Gasteiger partial charge in [0.15, 0.2) is 0 Å². The van der Waals surface area contributed by atoms with Crippen molar-refractivity contribution < 1.29 is 9.59 Å². The number of likely N-dealkylation sites (tertiary alicyclic amines) is 1. The van der Waals surface area contributed by atoms with E-state index in [4.69, 9.17) is 11.6 Å². The molecule has 1 saturated heterocycles. The van der Waals surface area contributed by atoms with Crippen LogP contribution in [-0.2, 0) is 9.59 Å². The number of nitrogens with one attached hydrogen (secondary N) is 1. The summed E-state index contributed by atoms with van der Waals surface area (Å²) in [5, 5.41) is 2.87. The first kappa shape index (κ1) is 12.3. The number of halogens is 1. The van der Waals surface area contributed by atoms with Crippen LogP contribution in [0.2, 0.25) is 0 Å². The Morgan fingerprint density at radius 3 is 2.47 bits per heavy atom. The van der Waals surface area contributed by atoms with Gasteiger partial charge in [-0.05, 0) is 12.8 Å². The summed E-state index contributed by atoms with van der Waals surface area (Å²) in [5.41, 5.74) is 0. The van der Waals surface area contributed by atoms with Crippen LogP contribution in [0.25, 0.3) is 0 Å². The molecule has 1 aliphatic rings. The lowest BCUT2D eigenvalue weighted by atomic mass is 10.0. The first-order valence-corrected chi connectivity index (χ1v) is 5.77. The van der Waals surface area contributed by atoms with Crippen LogP contribution < -0.4 is 5.32 Å². The van der Waals surface area contributed by atoms with Crippen molar-refractivity contribution in [2.24, 2.45) is 0 Å². The van der Waals surface area contributed by atoms with Gasteiger partial charge in [0.2, 0.25) is 11.8 Å². The van der Waals surface area contributed by atoms with Gasteiger partial charge in [-0.2, -0.15) is 0 Å². The molecule has 0 bridgehead atoms. The summed E-state index contributed by atoms with van der Waals surface area (Å²) in [6.45, 7) is 2.96. The van der Waals surface area contributed by atoms with Gasteiger partial charge in [-0.1, -0.05) is 0 Å². The number of carbonyl (C=O) groups excluding carboxylic acids is 2. The van der Waals surface area contributed by atoms with E-state index in [-0.39, 0.29) is 17.9 Å². The molecule has 1 rings (SSSR count). The van der Waals surface area contributed by atoms with Crippen LogP contribution in [0.15, 0.2) is 0 Å². The molecule has 4 nitrogen and oxygen atoms in total. The molecule has 5 heteroatoms. The van der Waals surface area contributed by atoms with Gasteiger partial charge < -0.3 is 10.2 Å². The van der Waals surface area contributed by atoms with E-state index in [2.05, 4.69) is 5.32 Å². The van der Waals surface area contributed by atoms with E-state index in [0.29, 0.717) is 12.3 Å². The topological polar surface area (TPSA) is 49.4 Å². The third-order valence-electron chi connectivity index (χ3n) is 2.56. The SMILES string of the molecule is CC(=O)NC1CCN(C(=O)CCCl)CC1. The number of hydrogen-bond donors (Lipinski definition) is 1. The van der Waals surface area contributed by atoms with E-state index in [1.165, 1.54) is 6.92 Å². The molecule has 0 radical (unpaired) electrons. The average molecular weight is 233 g/mol. The van der Waals surface area contributed by atoms with E-state index in [9.17, 15) is 9.59 Å². The molecule has 15 heavy (non-hydrogen) atoms. The smallest absolute Gasteiger partial charge is 0.223 e. The highest BCUT2D eigenvalue weighted by Gasteiger charge is 2.22. The number of piperidine rings is 1. The van der Waals surface area contributed by atoms with Crippen LogP contribution in [0.1, 0.15) is 26.2 Å². The Hall–Kier alpha value is -0.770. The fourth-order valence-corrected chi connectivity index (χ4v) is 1.96. The lowest BCUT2D eigenvalue weighted by Gasteiger charge is -2.32. The van der Waals surface area contributed by atoms with E-state index in [0.717, 1.165) is 25.9 Å². The predicted molar refractivity (Wildman–Crippen MR) is 58.8 cm³/mol. The minimum absolute atomic E-state index is 0.000495. The van der Waals surface area contributed by atoms with Gasteiger partial charge in [-0.15, -0.1) is 11.6 Å². The standard InChI is InChI=1S/C10H17ClN2O2/c1-8(14)12-9-3-6-13(7-4-9)10(15)2-5-11/h9H,2-7H2,1H3,(H,12,14). The maximum atomic E-state index is 11.5. The molecule has 0 spiro atoms. The summed E-state index contributed by atoms with van der Waals surface area (Å²) in [7, 11) is 0. The number of nitrogens with zero attached hydrogens (tertiary/aromatic N) is 1. The molecule has 2 amide bonds. The van der Waals surface area contributed by atoms with Crippen LogP contribution in [0.4, 0.5) is 0 Å². The minimum atomic E-state index is 0.000495. The highest BCUT2D eigenvalue weighted by molar-refractivity contribution is 6.18. The van der Waals surface area contributed by atoms with E-state index in [1.807, 2.05) is 4.90 Å². The van der Waals surface area contributed by atoms with E-state index < -0.39 is 0 Å². The van der Waals surface area contributed by atoms with Gasteiger partial charge in [0.25, 0.3) is 0 Å². The average Bonchev–Trinajstić information content (AvgIpc) is 2.18. The Kier molecular flexibility index (Phi) is 4.88. The second-order valence-corrected chi connectivity index (χ2v) is 4.17. The first-order chi connectivity index (χ1) is 7.13. The molecular formula is C10H17ClN2O2. The fourth-order valence-electron chi connectivity index (χ4n) is 1.80. The van der Waals surface area contributed by atoms with Crippen molar-refractivity contribution in [3.8, 4) is 0 Å². The van der Waals surface area contributed by atoms with Crippen LogP contribution in [0.3, 0.4) is 0 Å². The zero-order valence-electron chi connectivity index (χ0n) is 8.96. The maximum absolute atomic E-state index is 11.5. The third kappa shape index (κ3) is 4.08. The molecule has 1 aliphatic heterocycles. The van der Waals surface area contributed by atoms with Gasteiger partial charge in [0.05, 0.1) is 0 Å². The monoisotopic (exact) mass is 232 g/mol. The highest BCUT2D eigenvalue weighted by atomic mass is 35.5. The Morgan fingerprint density at radius 2 is 2.00 bits per heavy atom. The lowest BCUT2D eigenvalue weighted by Crippen LogP contribution is -2.46. The van der Waals surface area contributed by atoms with Gasteiger partial charge in [-0.3, -0.25) is 9.59 Å². The van der Waals surface area contributed by atoms with Crippen molar-refractivity contribution in [2.75, 3.05) is 19.0 Å². The molecule has 0 atom stereocenters. The predicted octanol–water partition coefficient (Wildman–Crippen LogP) is 0.742. The second-order valence-electron chi connectivity index (χ2n) is 3.79. The molecule has 0 aromatic rings. The summed E-state index contributed by atoms with van der Waals surface area (Å²) >= 11 is 5.51. The van der Waals surface area contributed by atoms with Crippen molar-refractivity contribution in [1.82, 2.24) is 10.2 Å². The molecule has 1 fully saturated rings. The summed E-state index contributed by atoms with van der Waals surface area (Å²) in [4.78, 5) is 24.1. The quantitative estimate of drug-likeness (QED) is 0.730. The normalized spacial score (nSPS) is 17.6. The Morgan fingerprint density at radius 1 is 1.40 bits per heavy atom. The first-order valence-electron chi connectivity index (χ1n) is 5.24. The van der Waals surface area contributed by atoms with Crippen molar-refractivity contribution in [1.29, 1.82) is 0 Å². The number of hydrogen-bond acceptors (Lipinski definition) is 2. The summed E-state index contributed by atoms with van der Waals surface area (Å²) < 4.78 is 0. The molecular weight excluding hydrogens is 216 g/mol. The van der Waals surface area contributed by atoms with Crippen LogP contribution in [-0.4, -0.2) is 41.7 Å². The van der Waals surface area contributed by atoms with Crippen LogP contribution >= 0.6 is 11.6 Å². The van der Waals surface area contributed by atoms with Crippen molar-refractivity contribution in [3.05, 3.63) is 0 Å². The van der Waals surface area contributed by atoms with Gasteiger partial charge in [0, 0.05) is 38.4 Å². The van der Waals surface area contributed by atoms with Crippen molar-refractivity contribution in [2.45, 2.75) is 32.2 Å². The Bertz CT molecular complexity index is 238. The fraction of sp³-hybridized carbons (Fsp3) is 0.800. The molecule has 0 aromatic heterocycles. The third-order valence-corrected chi connectivity index (χ3v) is 2.75. The highest BCUT2D eigenvalue weighted by Crippen LogP contribution is 2.11. The zero-order valence-corrected chi connectivity index (χ0v) is 9.72. The lowest BCUT2D eigenvalue weighted by molar-refractivity contribution is -0.131. The zero-order chi connectivity index (χ0) is 11.3. The summed E-state index contributed by atoms with van der Waals surface area (Å²) in [6.07, 6.45) is 2.09.